The Kier molecular flexibility index (Phi) is 5.33. The molecular formula is C20H15Cl2N5O2. The number of aryl methyl sites for hydroxylation is 1. The number of carbonyl (C=O) groups excluding carboxylic acids is 1. The molecule has 0 aliphatic heterocycles. The van der Waals surface area contributed by atoms with E-state index in [9.17, 15) is 9.59 Å². The Morgan fingerprint density at radius 3 is 2.66 bits per heavy atom. The van der Waals surface area contributed by atoms with Gasteiger partial charge < -0.3 is 5.32 Å². The highest BCUT2D eigenvalue weighted by atomic mass is 35.5. The van der Waals surface area contributed by atoms with Gasteiger partial charge in [-0.2, -0.15) is 5.10 Å². The van der Waals surface area contributed by atoms with Gasteiger partial charge in [0.15, 0.2) is 5.65 Å². The molecule has 4 rings (SSSR count). The van der Waals surface area contributed by atoms with Crippen molar-refractivity contribution in [3.8, 4) is 5.69 Å². The number of nitrogens with zero attached hydrogens (tertiary/aromatic N) is 4. The van der Waals surface area contributed by atoms with Crippen molar-refractivity contribution in [2.75, 3.05) is 5.32 Å². The molecule has 1 amide bonds. The molecule has 0 unspecified atom stereocenters. The second-order valence-corrected chi connectivity index (χ2v) is 7.06. The van der Waals surface area contributed by atoms with Gasteiger partial charge in [-0.15, -0.1) is 0 Å². The predicted molar refractivity (Wildman–Crippen MR) is 113 cm³/mol. The molecule has 2 heterocycles. The zero-order chi connectivity index (χ0) is 20.4. The molecule has 2 aromatic carbocycles. The minimum Gasteiger partial charge on any atom is -0.325 e. The zero-order valence-electron chi connectivity index (χ0n) is 15.0. The van der Waals surface area contributed by atoms with Gasteiger partial charge >= 0.3 is 0 Å². The van der Waals surface area contributed by atoms with Crippen LogP contribution in [0.5, 0.6) is 0 Å². The van der Waals surface area contributed by atoms with Crippen LogP contribution < -0.4 is 10.9 Å². The van der Waals surface area contributed by atoms with Crippen LogP contribution in [-0.2, 0) is 11.3 Å². The first-order chi connectivity index (χ1) is 14.0. The summed E-state index contributed by atoms with van der Waals surface area (Å²) < 4.78 is 2.99. The number of anilines is 1. The van der Waals surface area contributed by atoms with Crippen LogP contribution >= 0.6 is 23.2 Å². The molecule has 4 aromatic rings. The SMILES string of the molecule is O=C(CCn1cnc2c(cnn2-c2ccccc2)c1=O)Nc1cccc(Cl)c1Cl. The molecule has 2 aromatic heterocycles. The minimum absolute atomic E-state index is 0.0722. The highest BCUT2D eigenvalue weighted by Crippen LogP contribution is 2.29. The maximum atomic E-state index is 12.7. The Balaban J connectivity index is 1.52. The summed E-state index contributed by atoms with van der Waals surface area (Å²) >= 11 is 12.0. The van der Waals surface area contributed by atoms with Gasteiger partial charge in [0.25, 0.3) is 5.56 Å². The van der Waals surface area contributed by atoms with E-state index in [1.165, 1.54) is 17.1 Å². The molecule has 0 saturated carbocycles. The number of aromatic nitrogens is 4. The van der Waals surface area contributed by atoms with E-state index in [1.54, 1.807) is 22.9 Å². The zero-order valence-corrected chi connectivity index (χ0v) is 16.6. The number of benzene rings is 2. The molecule has 0 radical (unpaired) electrons. The molecular weight excluding hydrogens is 413 g/mol. The first-order valence-electron chi connectivity index (χ1n) is 8.77. The predicted octanol–water partition coefficient (Wildman–Crippen LogP) is 3.92. The molecule has 0 spiro atoms. The summed E-state index contributed by atoms with van der Waals surface area (Å²) in [5.74, 6) is -0.291. The van der Waals surface area contributed by atoms with E-state index in [1.807, 2.05) is 30.3 Å². The quantitative estimate of drug-likeness (QED) is 0.523. The van der Waals surface area contributed by atoms with Gasteiger partial charge in [-0.1, -0.05) is 47.5 Å². The van der Waals surface area contributed by atoms with Crippen LogP contribution in [0, 0.1) is 0 Å². The van der Waals surface area contributed by atoms with E-state index in [2.05, 4.69) is 15.4 Å². The summed E-state index contributed by atoms with van der Waals surface area (Å²) in [5, 5.41) is 7.98. The summed E-state index contributed by atoms with van der Waals surface area (Å²) in [6.07, 6.45) is 2.98. The Morgan fingerprint density at radius 2 is 1.86 bits per heavy atom. The normalized spacial score (nSPS) is 11.0. The highest BCUT2D eigenvalue weighted by Gasteiger charge is 2.13. The van der Waals surface area contributed by atoms with Gasteiger partial charge in [-0.25, -0.2) is 9.67 Å². The van der Waals surface area contributed by atoms with Crippen LogP contribution in [0.15, 0.2) is 65.8 Å². The second kappa shape index (κ2) is 8.06. The van der Waals surface area contributed by atoms with Crippen LogP contribution in [0.1, 0.15) is 6.42 Å². The van der Waals surface area contributed by atoms with E-state index in [-0.39, 0.29) is 29.5 Å². The van der Waals surface area contributed by atoms with Crippen molar-refractivity contribution >= 4 is 45.8 Å². The molecule has 146 valence electrons. The van der Waals surface area contributed by atoms with E-state index in [0.29, 0.717) is 21.7 Å². The third kappa shape index (κ3) is 3.87. The van der Waals surface area contributed by atoms with Gasteiger partial charge in [0.2, 0.25) is 5.91 Å². The number of carbonyl (C=O) groups is 1. The molecule has 29 heavy (non-hydrogen) atoms. The second-order valence-electron chi connectivity index (χ2n) is 6.27. The molecule has 0 aliphatic carbocycles. The fourth-order valence-electron chi connectivity index (χ4n) is 2.90. The lowest BCUT2D eigenvalue weighted by Crippen LogP contribution is -2.23. The lowest BCUT2D eigenvalue weighted by Gasteiger charge is -2.09. The van der Waals surface area contributed by atoms with E-state index >= 15 is 0 Å². The first kappa shape index (κ1) is 19.2. The number of rotatable bonds is 5. The molecule has 7 nitrogen and oxygen atoms in total. The van der Waals surface area contributed by atoms with Crippen molar-refractivity contribution in [3.05, 3.63) is 81.5 Å². The van der Waals surface area contributed by atoms with E-state index in [0.717, 1.165) is 5.69 Å². The third-order valence-electron chi connectivity index (χ3n) is 4.36. The van der Waals surface area contributed by atoms with Gasteiger partial charge in [-0.05, 0) is 24.3 Å². The summed E-state index contributed by atoms with van der Waals surface area (Å²) in [6.45, 7) is 0.169. The van der Waals surface area contributed by atoms with Crippen molar-refractivity contribution in [2.24, 2.45) is 0 Å². The number of nitrogens with one attached hydrogen (secondary N) is 1. The Labute approximate surface area is 175 Å². The molecule has 1 N–H and O–H groups in total. The molecule has 9 heteroatoms. The van der Waals surface area contributed by atoms with Crippen molar-refractivity contribution in [3.63, 3.8) is 0 Å². The number of hydrogen-bond donors (Lipinski definition) is 1. The number of hydrogen-bond acceptors (Lipinski definition) is 4. The fourth-order valence-corrected chi connectivity index (χ4v) is 3.25. The highest BCUT2D eigenvalue weighted by molar-refractivity contribution is 6.43. The van der Waals surface area contributed by atoms with Crippen LogP contribution in [0.2, 0.25) is 10.0 Å². The Hall–Kier alpha value is -3.16. The average Bonchev–Trinajstić information content (AvgIpc) is 3.16. The average molecular weight is 428 g/mol. The van der Waals surface area contributed by atoms with Crippen molar-refractivity contribution in [2.45, 2.75) is 13.0 Å². The minimum atomic E-state index is -0.291. The van der Waals surface area contributed by atoms with Gasteiger partial charge in [0, 0.05) is 13.0 Å². The monoisotopic (exact) mass is 427 g/mol. The van der Waals surface area contributed by atoms with Crippen LogP contribution in [-0.4, -0.2) is 25.2 Å². The van der Waals surface area contributed by atoms with Crippen molar-refractivity contribution in [1.29, 1.82) is 0 Å². The molecule has 0 fully saturated rings. The van der Waals surface area contributed by atoms with Crippen molar-refractivity contribution in [1.82, 2.24) is 19.3 Å². The Morgan fingerprint density at radius 1 is 1.07 bits per heavy atom. The molecule has 0 saturated heterocycles. The molecule has 0 bridgehead atoms. The maximum Gasteiger partial charge on any atom is 0.264 e. The Bertz CT molecular complexity index is 1250. The van der Waals surface area contributed by atoms with E-state index in [4.69, 9.17) is 23.2 Å². The van der Waals surface area contributed by atoms with Crippen LogP contribution in [0.25, 0.3) is 16.7 Å². The number of para-hydroxylation sites is 1. The van der Waals surface area contributed by atoms with E-state index < -0.39 is 0 Å². The summed E-state index contributed by atoms with van der Waals surface area (Å²) in [5.41, 5.74) is 1.44. The topological polar surface area (TPSA) is 81.8 Å². The largest absolute Gasteiger partial charge is 0.325 e. The number of halogens is 2. The summed E-state index contributed by atoms with van der Waals surface area (Å²) in [7, 11) is 0. The third-order valence-corrected chi connectivity index (χ3v) is 5.18. The van der Waals surface area contributed by atoms with Gasteiger partial charge in [0.05, 0.1) is 33.9 Å². The lowest BCUT2D eigenvalue weighted by molar-refractivity contribution is -0.116. The van der Waals surface area contributed by atoms with Crippen LogP contribution in [0.4, 0.5) is 5.69 Å². The number of fused-ring (bicyclic) bond motifs is 1. The van der Waals surface area contributed by atoms with Crippen LogP contribution in [0.3, 0.4) is 0 Å². The summed E-state index contributed by atoms with van der Waals surface area (Å²) in [4.78, 5) is 29.3. The number of amides is 1. The first-order valence-corrected chi connectivity index (χ1v) is 9.52. The molecule has 0 atom stereocenters. The smallest absolute Gasteiger partial charge is 0.264 e. The lowest BCUT2D eigenvalue weighted by atomic mass is 10.3. The summed E-state index contributed by atoms with van der Waals surface area (Å²) in [6, 6.07) is 14.4. The fraction of sp³-hybridized carbons (Fsp3) is 0.100. The maximum absolute atomic E-state index is 12.7. The van der Waals surface area contributed by atoms with Gasteiger partial charge in [-0.3, -0.25) is 14.2 Å². The standard InChI is InChI=1S/C20H15Cl2N5O2/c21-15-7-4-8-16(18(15)22)25-17(28)9-10-26-12-23-19-14(20(26)29)11-24-27(19)13-5-2-1-3-6-13/h1-8,11-12H,9-10H2,(H,25,28). The van der Waals surface area contributed by atoms with Gasteiger partial charge in [0.1, 0.15) is 5.39 Å². The van der Waals surface area contributed by atoms with Crippen molar-refractivity contribution < 1.29 is 4.79 Å². The molecule has 0 aliphatic rings.